The van der Waals surface area contributed by atoms with Gasteiger partial charge in [0.05, 0.1) is 11.6 Å². The van der Waals surface area contributed by atoms with Crippen molar-refractivity contribution in [2.75, 3.05) is 6.54 Å². The average molecular weight is 499 g/mol. The smallest absolute Gasteiger partial charge is 0.295 e. The lowest BCUT2D eigenvalue weighted by atomic mass is 9.93. The monoisotopic (exact) mass is 498 g/mol. The first-order valence-electron chi connectivity index (χ1n) is 12.0. The van der Waals surface area contributed by atoms with E-state index in [1.807, 2.05) is 54.7 Å². The van der Waals surface area contributed by atoms with Gasteiger partial charge in [0.1, 0.15) is 5.76 Å². The number of benzene rings is 3. The van der Waals surface area contributed by atoms with Gasteiger partial charge in [-0.1, -0.05) is 67.9 Å². The number of aliphatic hydroxyl groups excluding tert-OH is 1. The summed E-state index contributed by atoms with van der Waals surface area (Å²) in [5.41, 5.74) is 4.58. The predicted octanol–water partition coefficient (Wildman–Crippen LogP) is 6.61. The Kier molecular flexibility index (Phi) is 6.42. The van der Waals surface area contributed by atoms with E-state index in [0.29, 0.717) is 29.5 Å². The number of hydrogen-bond acceptors (Lipinski definition) is 3. The number of rotatable bonds is 6. The van der Waals surface area contributed by atoms with Gasteiger partial charge in [0.15, 0.2) is 0 Å². The number of Topliss-reactive ketones (excluding diaryl/α,β-unsaturated/α-hetero) is 1. The molecular weight excluding hydrogens is 472 g/mol. The van der Waals surface area contributed by atoms with E-state index in [2.05, 4.69) is 18.8 Å². The van der Waals surface area contributed by atoms with Gasteiger partial charge in [-0.15, -0.1) is 0 Å². The molecule has 6 heteroatoms. The van der Waals surface area contributed by atoms with Crippen LogP contribution in [0.25, 0.3) is 16.7 Å². The molecule has 0 saturated carbocycles. The van der Waals surface area contributed by atoms with E-state index in [-0.39, 0.29) is 11.3 Å². The summed E-state index contributed by atoms with van der Waals surface area (Å²) in [6.07, 6.45) is 2.51. The SMILES string of the molecule is CC(C)c1ccc([C@@H]2C(=C(O)c3ccc(Cl)cc3)C(=O)C(=O)N2CCc2c[nH]c3ccccc23)cc1. The number of para-hydroxylation sites is 1. The fraction of sp³-hybridized carbons (Fsp3) is 0.200. The van der Waals surface area contributed by atoms with Crippen LogP contribution in [0.5, 0.6) is 0 Å². The maximum absolute atomic E-state index is 13.3. The van der Waals surface area contributed by atoms with E-state index in [1.54, 1.807) is 29.2 Å². The molecule has 1 aliphatic rings. The molecule has 2 heterocycles. The van der Waals surface area contributed by atoms with Gasteiger partial charge in [0.2, 0.25) is 0 Å². The molecule has 3 aromatic carbocycles. The van der Waals surface area contributed by atoms with Crippen molar-refractivity contribution in [1.82, 2.24) is 9.88 Å². The van der Waals surface area contributed by atoms with Crippen LogP contribution in [0.3, 0.4) is 0 Å². The highest BCUT2D eigenvalue weighted by molar-refractivity contribution is 6.46. The number of H-pyrrole nitrogens is 1. The second-order valence-electron chi connectivity index (χ2n) is 9.43. The van der Waals surface area contributed by atoms with E-state index in [9.17, 15) is 14.7 Å². The van der Waals surface area contributed by atoms with Crippen LogP contribution in [-0.4, -0.2) is 33.2 Å². The van der Waals surface area contributed by atoms with Gasteiger partial charge in [-0.25, -0.2) is 0 Å². The van der Waals surface area contributed by atoms with E-state index in [1.165, 1.54) is 0 Å². The molecule has 5 rings (SSSR count). The molecule has 4 aromatic rings. The van der Waals surface area contributed by atoms with Gasteiger partial charge >= 0.3 is 0 Å². The van der Waals surface area contributed by atoms with E-state index in [4.69, 9.17) is 11.6 Å². The van der Waals surface area contributed by atoms with Crippen molar-refractivity contribution in [2.45, 2.75) is 32.2 Å². The van der Waals surface area contributed by atoms with Crippen LogP contribution in [0, 0.1) is 0 Å². The van der Waals surface area contributed by atoms with E-state index >= 15 is 0 Å². The summed E-state index contributed by atoms with van der Waals surface area (Å²) in [4.78, 5) is 31.4. The van der Waals surface area contributed by atoms with Crippen molar-refractivity contribution in [2.24, 2.45) is 0 Å². The van der Waals surface area contributed by atoms with Crippen molar-refractivity contribution >= 4 is 40.0 Å². The third-order valence-corrected chi connectivity index (χ3v) is 7.13. The molecular formula is C30H27ClN2O3. The molecule has 0 aliphatic carbocycles. The molecule has 1 aliphatic heterocycles. The van der Waals surface area contributed by atoms with Gasteiger partial charge in [-0.3, -0.25) is 9.59 Å². The second kappa shape index (κ2) is 9.67. The Morgan fingerprint density at radius 3 is 2.39 bits per heavy atom. The largest absolute Gasteiger partial charge is 0.507 e. The fourth-order valence-corrected chi connectivity index (χ4v) is 4.99. The number of halogens is 1. The van der Waals surface area contributed by atoms with Gasteiger partial charge in [-0.2, -0.15) is 0 Å². The Morgan fingerprint density at radius 1 is 1.00 bits per heavy atom. The number of carbonyl (C=O) groups is 2. The molecule has 182 valence electrons. The molecule has 1 aromatic heterocycles. The Morgan fingerprint density at radius 2 is 1.69 bits per heavy atom. The first-order chi connectivity index (χ1) is 17.3. The number of aromatic nitrogens is 1. The van der Waals surface area contributed by atoms with Crippen molar-refractivity contribution in [3.8, 4) is 0 Å². The quantitative estimate of drug-likeness (QED) is 0.178. The third kappa shape index (κ3) is 4.31. The number of carbonyl (C=O) groups excluding carboxylic acids is 2. The minimum Gasteiger partial charge on any atom is -0.507 e. The van der Waals surface area contributed by atoms with Gasteiger partial charge in [0.25, 0.3) is 11.7 Å². The first-order valence-corrected chi connectivity index (χ1v) is 12.4. The predicted molar refractivity (Wildman–Crippen MR) is 143 cm³/mol. The summed E-state index contributed by atoms with van der Waals surface area (Å²) in [5, 5.41) is 12.8. The minimum atomic E-state index is -0.688. The molecule has 0 spiro atoms. The van der Waals surface area contributed by atoms with E-state index in [0.717, 1.165) is 27.6 Å². The van der Waals surface area contributed by atoms with Crippen molar-refractivity contribution in [1.29, 1.82) is 0 Å². The Hall–Kier alpha value is -3.83. The molecule has 0 bridgehead atoms. The summed E-state index contributed by atoms with van der Waals surface area (Å²) >= 11 is 6.02. The number of nitrogens with one attached hydrogen (secondary N) is 1. The maximum atomic E-state index is 13.3. The van der Waals surface area contributed by atoms with Crippen molar-refractivity contribution < 1.29 is 14.7 Å². The molecule has 1 fully saturated rings. The maximum Gasteiger partial charge on any atom is 0.295 e. The zero-order valence-corrected chi connectivity index (χ0v) is 20.9. The molecule has 1 atom stereocenters. The summed E-state index contributed by atoms with van der Waals surface area (Å²) in [7, 11) is 0. The number of likely N-dealkylation sites (tertiary alicyclic amines) is 1. The molecule has 0 unspecified atom stereocenters. The third-order valence-electron chi connectivity index (χ3n) is 6.87. The molecule has 1 amide bonds. The molecule has 0 radical (unpaired) electrons. The second-order valence-corrected chi connectivity index (χ2v) is 9.87. The Labute approximate surface area is 215 Å². The lowest BCUT2D eigenvalue weighted by molar-refractivity contribution is -0.139. The van der Waals surface area contributed by atoms with Crippen molar-refractivity contribution in [3.05, 3.63) is 112 Å². The van der Waals surface area contributed by atoms with Crippen LogP contribution in [0.15, 0.2) is 84.6 Å². The normalized spacial score (nSPS) is 17.4. The van der Waals surface area contributed by atoms with Gasteiger partial charge in [-0.05, 0) is 59.4 Å². The molecule has 5 nitrogen and oxygen atoms in total. The van der Waals surface area contributed by atoms with Crippen LogP contribution in [0.4, 0.5) is 0 Å². The van der Waals surface area contributed by atoms with Crippen LogP contribution < -0.4 is 0 Å². The fourth-order valence-electron chi connectivity index (χ4n) is 4.86. The standard InChI is InChI=1S/C30H27ClN2O3/c1-18(2)19-7-9-20(10-8-19)27-26(28(34)21-11-13-23(31)14-12-21)29(35)30(36)33(27)16-15-22-17-32-25-6-4-3-5-24(22)25/h3-14,17-18,27,32,34H,15-16H2,1-2H3/t27-/m1/s1. The Balaban J connectivity index is 1.56. The summed E-state index contributed by atoms with van der Waals surface area (Å²) < 4.78 is 0. The lowest BCUT2D eigenvalue weighted by Crippen LogP contribution is -2.31. The van der Waals surface area contributed by atoms with Gasteiger partial charge < -0.3 is 15.0 Å². The molecule has 36 heavy (non-hydrogen) atoms. The highest BCUT2D eigenvalue weighted by Gasteiger charge is 2.45. The highest BCUT2D eigenvalue weighted by Crippen LogP contribution is 2.40. The number of nitrogens with zero attached hydrogens (tertiary/aromatic N) is 1. The Bertz CT molecular complexity index is 1470. The highest BCUT2D eigenvalue weighted by atomic mass is 35.5. The average Bonchev–Trinajstić information content (AvgIpc) is 3.41. The van der Waals surface area contributed by atoms with Crippen LogP contribution >= 0.6 is 11.6 Å². The number of ketones is 1. The molecule has 2 N–H and O–H groups in total. The zero-order chi connectivity index (χ0) is 25.4. The van der Waals surface area contributed by atoms with Crippen molar-refractivity contribution in [3.63, 3.8) is 0 Å². The summed E-state index contributed by atoms with van der Waals surface area (Å²) in [6, 6.07) is 21.8. The first kappa shape index (κ1) is 23.9. The topological polar surface area (TPSA) is 73.4 Å². The number of amides is 1. The van der Waals surface area contributed by atoms with Crippen LogP contribution in [-0.2, 0) is 16.0 Å². The van der Waals surface area contributed by atoms with Crippen LogP contribution in [0.1, 0.15) is 48.1 Å². The van der Waals surface area contributed by atoms with E-state index < -0.39 is 17.7 Å². The number of hydrogen-bond donors (Lipinski definition) is 2. The lowest BCUT2D eigenvalue weighted by Gasteiger charge is -2.25. The molecule has 1 saturated heterocycles. The zero-order valence-electron chi connectivity index (χ0n) is 20.2. The number of fused-ring (bicyclic) bond motifs is 1. The summed E-state index contributed by atoms with van der Waals surface area (Å²) in [6.45, 7) is 4.56. The van der Waals surface area contributed by atoms with Crippen LogP contribution in [0.2, 0.25) is 5.02 Å². The minimum absolute atomic E-state index is 0.0959. The number of aliphatic hydroxyl groups is 1. The summed E-state index contributed by atoms with van der Waals surface area (Å²) in [5.74, 6) is -1.14. The van der Waals surface area contributed by atoms with Gasteiger partial charge in [0, 0.05) is 34.2 Å². The number of aromatic amines is 1.